The van der Waals surface area contributed by atoms with E-state index in [1.54, 1.807) is 0 Å². The molecule has 1 aliphatic carbocycles. The molecule has 1 aliphatic rings. The largest absolute Gasteiger partial charge is 0.455 e. The minimum absolute atomic E-state index is 0.153. The molecule has 0 unspecified atom stereocenters. The number of rotatable bonds is 4. The van der Waals surface area contributed by atoms with Crippen molar-refractivity contribution < 1.29 is 4.42 Å². The van der Waals surface area contributed by atoms with E-state index in [-0.39, 0.29) is 5.41 Å². The van der Waals surface area contributed by atoms with Crippen molar-refractivity contribution in [3.63, 3.8) is 0 Å². The number of furan rings is 1. The Hall–Kier alpha value is -3.39. The number of pyridine rings is 1. The maximum Gasteiger partial charge on any atom is 0.144 e. The van der Waals surface area contributed by atoms with Crippen LogP contribution in [0, 0.1) is 5.92 Å². The molecule has 1 fully saturated rings. The Morgan fingerprint density at radius 3 is 2.42 bits per heavy atom. The predicted molar refractivity (Wildman–Crippen MR) is 137 cm³/mol. The van der Waals surface area contributed by atoms with Crippen LogP contribution in [-0.4, -0.2) is 4.98 Å². The number of nitrogens with zero attached hydrogens (tertiary/aromatic N) is 1. The fourth-order valence-electron chi connectivity index (χ4n) is 5.67. The van der Waals surface area contributed by atoms with Crippen molar-refractivity contribution in [2.24, 2.45) is 5.92 Å². The van der Waals surface area contributed by atoms with Gasteiger partial charge in [-0.2, -0.15) is 0 Å². The molecule has 1 saturated carbocycles. The number of hydrogen-bond acceptors (Lipinski definition) is 2. The molecule has 0 radical (unpaired) electrons. The van der Waals surface area contributed by atoms with Crippen LogP contribution in [0.4, 0.5) is 0 Å². The normalized spacial score (nSPS) is 15.0. The monoisotopic (exact) mass is 431 g/mol. The van der Waals surface area contributed by atoms with Crippen molar-refractivity contribution in [1.29, 1.82) is 0 Å². The van der Waals surface area contributed by atoms with Gasteiger partial charge in [-0.25, -0.2) is 0 Å². The van der Waals surface area contributed by atoms with Gasteiger partial charge in [0, 0.05) is 22.5 Å². The molecule has 0 aliphatic heterocycles. The molecule has 0 bridgehead atoms. The van der Waals surface area contributed by atoms with Gasteiger partial charge in [-0.3, -0.25) is 4.98 Å². The summed E-state index contributed by atoms with van der Waals surface area (Å²) in [4.78, 5) is 4.78. The highest BCUT2D eigenvalue weighted by Gasteiger charge is 2.33. The maximum atomic E-state index is 6.49. The lowest BCUT2D eigenvalue weighted by atomic mass is 9.72. The van der Waals surface area contributed by atoms with Crippen LogP contribution >= 0.6 is 0 Å². The van der Waals surface area contributed by atoms with E-state index < -0.39 is 0 Å². The van der Waals surface area contributed by atoms with Gasteiger partial charge in [0.1, 0.15) is 11.2 Å². The third kappa shape index (κ3) is 3.45. The molecule has 0 amide bonds. The number of hydrogen-bond donors (Lipinski definition) is 0. The standard InChI is InChI=1S/C31H29NO/c1-31(2,23-11-6-7-12-23)24-17-18-32-28(20-24)27-14-8-13-26-25-16-15-22(19-29(25)33-30(26)27)21-9-4-3-5-10-21/h3-5,8-10,13-20,23H,6-7,11-12H2,1-2H3. The van der Waals surface area contributed by atoms with E-state index in [1.165, 1.54) is 42.4 Å². The third-order valence-electron chi connectivity index (χ3n) is 7.76. The van der Waals surface area contributed by atoms with Crippen LogP contribution in [0.5, 0.6) is 0 Å². The first-order valence-electron chi connectivity index (χ1n) is 12.1. The van der Waals surface area contributed by atoms with E-state index in [9.17, 15) is 0 Å². The molecule has 2 heterocycles. The smallest absolute Gasteiger partial charge is 0.144 e. The number of aromatic nitrogens is 1. The lowest BCUT2D eigenvalue weighted by molar-refractivity contribution is 0.325. The minimum atomic E-state index is 0.153. The quantitative estimate of drug-likeness (QED) is 0.284. The first kappa shape index (κ1) is 20.2. The molecule has 0 spiro atoms. The van der Waals surface area contributed by atoms with Crippen molar-refractivity contribution in [3.8, 4) is 22.4 Å². The van der Waals surface area contributed by atoms with Gasteiger partial charge in [-0.1, -0.05) is 75.2 Å². The van der Waals surface area contributed by atoms with Crippen molar-refractivity contribution >= 4 is 21.9 Å². The Labute approximate surface area is 195 Å². The summed E-state index contributed by atoms with van der Waals surface area (Å²) in [5, 5.41) is 2.29. The summed E-state index contributed by atoms with van der Waals surface area (Å²) in [7, 11) is 0. The van der Waals surface area contributed by atoms with E-state index in [1.807, 2.05) is 12.3 Å². The van der Waals surface area contributed by atoms with Gasteiger partial charge in [0.25, 0.3) is 0 Å². The van der Waals surface area contributed by atoms with Crippen LogP contribution in [0.3, 0.4) is 0 Å². The van der Waals surface area contributed by atoms with Gasteiger partial charge in [0.15, 0.2) is 0 Å². The average Bonchev–Trinajstić information content (AvgIpc) is 3.53. The maximum absolute atomic E-state index is 6.49. The summed E-state index contributed by atoms with van der Waals surface area (Å²) in [6.45, 7) is 4.80. The lowest BCUT2D eigenvalue weighted by Gasteiger charge is -2.32. The first-order valence-corrected chi connectivity index (χ1v) is 12.1. The molecule has 2 nitrogen and oxygen atoms in total. The van der Waals surface area contributed by atoms with Gasteiger partial charge in [-0.05, 0) is 71.2 Å². The highest BCUT2D eigenvalue weighted by atomic mass is 16.3. The zero-order chi connectivity index (χ0) is 22.4. The summed E-state index contributed by atoms with van der Waals surface area (Å²) < 4.78 is 6.49. The molecule has 0 saturated heterocycles. The second-order valence-corrected chi connectivity index (χ2v) is 9.99. The van der Waals surface area contributed by atoms with Gasteiger partial charge >= 0.3 is 0 Å². The van der Waals surface area contributed by atoms with E-state index in [0.717, 1.165) is 39.1 Å². The van der Waals surface area contributed by atoms with Crippen LogP contribution in [0.2, 0.25) is 0 Å². The molecule has 33 heavy (non-hydrogen) atoms. The Kier molecular flexibility index (Phi) is 4.83. The highest BCUT2D eigenvalue weighted by molar-refractivity contribution is 6.10. The second-order valence-electron chi connectivity index (χ2n) is 9.99. The SMILES string of the molecule is CC(C)(c1ccnc(-c2cccc3c2oc2cc(-c4ccccc4)ccc23)c1)C1CCCC1. The Balaban J connectivity index is 1.46. The summed E-state index contributed by atoms with van der Waals surface area (Å²) in [5.41, 5.74) is 7.79. The number of benzene rings is 3. The molecule has 5 aromatic rings. The Bertz CT molecular complexity index is 1440. The summed E-state index contributed by atoms with van der Waals surface area (Å²) in [6.07, 6.45) is 7.34. The molecule has 2 aromatic heterocycles. The van der Waals surface area contributed by atoms with Crippen LogP contribution in [0.1, 0.15) is 45.1 Å². The third-order valence-corrected chi connectivity index (χ3v) is 7.76. The van der Waals surface area contributed by atoms with Crippen LogP contribution in [0.15, 0.2) is 89.5 Å². The highest BCUT2D eigenvalue weighted by Crippen LogP contribution is 2.43. The summed E-state index contributed by atoms with van der Waals surface area (Å²) >= 11 is 0. The average molecular weight is 432 g/mol. The summed E-state index contributed by atoms with van der Waals surface area (Å²) in [5.74, 6) is 0.742. The Morgan fingerprint density at radius 1 is 0.788 bits per heavy atom. The van der Waals surface area contributed by atoms with E-state index >= 15 is 0 Å². The van der Waals surface area contributed by atoms with Gasteiger partial charge in [0.2, 0.25) is 0 Å². The van der Waals surface area contributed by atoms with E-state index in [4.69, 9.17) is 9.40 Å². The number of fused-ring (bicyclic) bond motifs is 3. The van der Waals surface area contributed by atoms with Gasteiger partial charge < -0.3 is 4.42 Å². The Morgan fingerprint density at radius 2 is 1.61 bits per heavy atom. The minimum Gasteiger partial charge on any atom is -0.455 e. The van der Waals surface area contributed by atoms with Crippen LogP contribution < -0.4 is 0 Å². The molecule has 0 atom stereocenters. The molecule has 3 aromatic carbocycles. The van der Waals surface area contributed by atoms with Crippen molar-refractivity contribution in [2.75, 3.05) is 0 Å². The van der Waals surface area contributed by atoms with Gasteiger partial charge in [-0.15, -0.1) is 0 Å². The van der Waals surface area contributed by atoms with Gasteiger partial charge in [0.05, 0.1) is 5.69 Å². The summed E-state index contributed by atoms with van der Waals surface area (Å²) in [6, 6.07) is 27.9. The predicted octanol–water partition coefficient (Wildman–Crippen LogP) is 8.78. The van der Waals surface area contributed by atoms with Crippen molar-refractivity contribution in [3.05, 3.63) is 90.6 Å². The first-order chi connectivity index (χ1) is 16.1. The topological polar surface area (TPSA) is 26.0 Å². The molecule has 6 rings (SSSR count). The van der Waals surface area contributed by atoms with Crippen molar-refractivity contribution in [1.82, 2.24) is 4.98 Å². The zero-order valence-electron chi connectivity index (χ0n) is 19.3. The zero-order valence-corrected chi connectivity index (χ0v) is 19.3. The number of para-hydroxylation sites is 1. The molecule has 164 valence electrons. The molecular formula is C31H29NO. The molecule has 2 heteroatoms. The fourth-order valence-corrected chi connectivity index (χ4v) is 5.67. The lowest BCUT2D eigenvalue weighted by Crippen LogP contribution is -2.26. The van der Waals surface area contributed by atoms with Crippen LogP contribution in [0.25, 0.3) is 44.3 Å². The van der Waals surface area contributed by atoms with Crippen LogP contribution in [-0.2, 0) is 5.41 Å². The van der Waals surface area contributed by atoms with Crippen molar-refractivity contribution in [2.45, 2.75) is 44.9 Å². The molecule has 0 N–H and O–H groups in total. The van der Waals surface area contributed by atoms with E-state index in [0.29, 0.717) is 0 Å². The second kappa shape index (κ2) is 7.88. The molecular weight excluding hydrogens is 402 g/mol. The fraction of sp³-hybridized carbons (Fsp3) is 0.258. The van der Waals surface area contributed by atoms with E-state index in [2.05, 4.69) is 86.6 Å².